The summed E-state index contributed by atoms with van der Waals surface area (Å²) in [6.07, 6.45) is 6.98. The number of methoxy groups -OCH3 is 2. The molecular weight excluding hydrogens is 634 g/mol. The molecule has 1 saturated heterocycles. The van der Waals surface area contributed by atoms with Crippen molar-refractivity contribution in [3.63, 3.8) is 0 Å². The van der Waals surface area contributed by atoms with Crippen LogP contribution in [-0.4, -0.2) is 53.8 Å². The minimum absolute atomic E-state index is 0.0557. The zero-order chi connectivity index (χ0) is 31.4. The van der Waals surface area contributed by atoms with Crippen LogP contribution in [0.4, 0.5) is 5.69 Å². The Balaban J connectivity index is 1.43. The Kier molecular flexibility index (Phi) is 7.36. The number of carboxylic acid groups (broad SMARTS) is 1. The number of ketones is 2. The van der Waals surface area contributed by atoms with Gasteiger partial charge in [0.1, 0.15) is 0 Å². The second kappa shape index (κ2) is 11.1. The van der Waals surface area contributed by atoms with Crippen molar-refractivity contribution in [3.05, 3.63) is 87.0 Å². The lowest BCUT2D eigenvalue weighted by atomic mass is 9.61. The van der Waals surface area contributed by atoms with Crippen LogP contribution < -0.4 is 14.4 Å². The molecule has 0 aromatic heterocycles. The Bertz CT molecular complexity index is 1770. The molecule has 6 rings (SSSR count). The third kappa shape index (κ3) is 4.59. The molecule has 0 spiro atoms. The van der Waals surface area contributed by atoms with Crippen LogP contribution in [0.5, 0.6) is 17.2 Å². The van der Waals surface area contributed by atoms with Gasteiger partial charge in [-0.2, -0.15) is 0 Å². The highest BCUT2D eigenvalue weighted by Crippen LogP contribution is 2.53. The number of ether oxygens (including phenoxy) is 2. The van der Waals surface area contributed by atoms with E-state index in [0.717, 1.165) is 10.5 Å². The Morgan fingerprint density at radius 2 is 1.73 bits per heavy atom. The Morgan fingerprint density at radius 3 is 2.39 bits per heavy atom. The number of hydrogen-bond acceptors (Lipinski definition) is 8. The third-order valence-electron chi connectivity index (χ3n) is 8.71. The summed E-state index contributed by atoms with van der Waals surface area (Å²) in [5.74, 6) is -5.29. The predicted molar refractivity (Wildman–Crippen MR) is 161 cm³/mol. The zero-order valence-corrected chi connectivity index (χ0v) is 25.2. The number of benzene rings is 2. The number of hydrogen-bond donors (Lipinski definition) is 2. The third-order valence-corrected chi connectivity index (χ3v) is 9.30. The number of Topliss-reactive ketones (excluding diaryl/α,β-unsaturated/α-hetero) is 1. The fourth-order valence-electron chi connectivity index (χ4n) is 6.73. The number of carboxylic acids is 1. The smallest absolute Gasteiger partial charge is 0.335 e. The summed E-state index contributed by atoms with van der Waals surface area (Å²) in [5.41, 5.74) is 2.07. The molecule has 3 aliphatic carbocycles. The molecule has 1 fully saturated rings. The first kappa shape index (κ1) is 29.3. The average Bonchev–Trinajstić information content (AvgIpc) is 3.27. The second-order valence-electron chi connectivity index (χ2n) is 10.9. The van der Waals surface area contributed by atoms with Crippen LogP contribution in [0.2, 0.25) is 0 Å². The maximum absolute atomic E-state index is 14.0. The van der Waals surface area contributed by atoms with Crippen molar-refractivity contribution >= 4 is 57.0 Å². The molecule has 2 aromatic carbocycles. The molecule has 4 atom stereocenters. The molecule has 0 radical (unpaired) electrons. The minimum Gasteiger partial charge on any atom is -0.502 e. The van der Waals surface area contributed by atoms with E-state index in [1.54, 1.807) is 24.3 Å². The van der Waals surface area contributed by atoms with Gasteiger partial charge in [0.25, 0.3) is 0 Å². The number of aromatic hydroxyl groups is 1. The molecule has 0 bridgehead atoms. The van der Waals surface area contributed by atoms with Crippen LogP contribution in [0.3, 0.4) is 0 Å². The maximum atomic E-state index is 14.0. The number of phenols is 1. The number of halogens is 1. The molecule has 1 aliphatic heterocycles. The quantitative estimate of drug-likeness (QED) is 0.257. The number of carbonyl (C=O) groups is 5. The van der Waals surface area contributed by atoms with Gasteiger partial charge in [-0.05, 0) is 70.6 Å². The molecule has 224 valence electrons. The van der Waals surface area contributed by atoms with Gasteiger partial charge >= 0.3 is 5.97 Å². The number of amides is 2. The van der Waals surface area contributed by atoms with Gasteiger partial charge in [0.05, 0.1) is 41.8 Å². The van der Waals surface area contributed by atoms with Crippen molar-refractivity contribution in [3.8, 4) is 17.2 Å². The molecule has 2 amide bonds. The van der Waals surface area contributed by atoms with Crippen LogP contribution in [0.15, 0.2) is 75.8 Å². The molecule has 1 heterocycles. The van der Waals surface area contributed by atoms with E-state index < -0.39 is 41.5 Å². The summed E-state index contributed by atoms with van der Waals surface area (Å²) in [7, 11) is 2.82. The Morgan fingerprint density at radius 1 is 1.02 bits per heavy atom. The molecule has 2 N–H and O–H groups in total. The summed E-state index contributed by atoms with van der Waals surface area (Å²) >= 11 is 3.21. The van der Waals surface area contributed by atoms with Gasteiger partial charge in [-0.3, -0.25) is 24.1 Å². The summed E-state index contributed by atoms with van der Waals surface area (Å²) in [5, 5.41) is 19.8. The van der Waals surface area contributed by atoms with Crippen LogP contribution in [0.1, 0.15) is 28.8 Å². The zero-order valence-electron chi connectivity index (χ0n) is 23.6. The lowest BCUT2D eigenvalue weighted by molar-refractivity contribution is -0.123. The van der Waals surface area contributed by atoms with Crippen LogP contribution in [0, 0.1) is 23.7 Å². The maximum Gasteiger partial charge on any atom is 0.335 e. The van der Waals surface area contributed by atoms with E-state index in [-0.39, 0.29) is 63.0 Å². The molecule has 0 saturated carbocycles. The van der Waals surface area contributed by atoms with Crippen molar-refractivity contribution in [2.45, 2.75) is 12.8 Å². The fourth-order valence-corrected chi connectivity index (χ4v) is 7.18. The molecule has 10 nitrogen and oxygen atoms in total. The molecular formula is C33H26BrNO9. The summed E-state index contributed by atoms with van der Waals surface area (Å²) in [6, 6.07) is 8.87. The van der Waals surface area contributed by atoms with Crippen molar-refractivity contribution in [2.75, 3.05) is 19.1 Å². The van der Waals surface area contributed by atoms with Crippen molar-refractivity contribution in [1.29, 1.82) is 0 Å². The van der Waals surface area contributed by atoms with Crippen molar-refractivity contribution in [2.24, 2.45) is 23.7 Å². The topological polar surface area (TPSA) is 148 Å². The van der Waals surface area contributed by atoms with Crippen LogP contribution >= 0.6 is 15.9 Å². The molecule has 2 aromatic rings. The largest absolute Gasteiger partial charge is 0.502 e. The average molecular weight is 660 g/mol. The predicted octanol–water partition coefficient (Wildman–Crippen LogP) is 4.62. The number of fused-ring (bicyclic) bond motifs is 3. The Hall–Kier alpha value is -4.77. The summed E-state index contributed by atoms with van der Waals surface area (Å²) in [6.45, 7) is 0. The number of aromatic carboxylic acids is 1. The van der Waals surface area contributed by atoms with E-state index in [1.807, 2.05) is 6.08 Å². The van der Waals surface area contributed by atoms with Gasteiger partial charge in [-0.1, -0.05) is 29.9 Å². The number of rotatable bonds is 6. The van der Waals surface area contributed by atoms with E-state index in [9.17, 15) is 34.2 Å². The monoisotopic (exact) mass is 659 g/mol. The van der Waals surface area contributed by atoms with Gasteiger partial charge in [-0.25, -0.2) is 4.79 Å². The fraction of sp³-hybridized carbons (Fsp3) is 0.242. The number of phenolic OH excluding ortho intramolecular Hbond substituents is 1. The molecule has 44 heavy (non-hydrogen) atoms. The second-order valence-corrected chi connectivity index (χ2v) is 11.8. The lowest BCUT2D eigenvalue weighted by Crippen LogP contribution is -2.40. The van der Waals surface area contributed by atoms with E-state index in [4.69, 9.17) is 9.47 Å². The van der Waals surface area contributed by atoms with Crippen LogP contribution in [-0.2, 0) is 19.2 Å². The highest BCUT2D eigenvalue weighted by atomic mass is 79.9. The van der Waals surface area contributed by atoms with E-state index >= 15 is 0 Å². The standard InChI is InChI=1S/C33H26BrNO9/c1-43-25-10-15(11-26(44-2)30(25)38)6-7-19-18-8-9-20-28(21(18)13-22-27(19)24(36)14-23(34)29(22)37)32(40)35(31(20)39)17-5-3-4-16(12-17)33(41)42/h3-8,10-12,14,19-21,28,38H,9,13H2,1-2H3,(H,41,42)/t19-,20-,21+,28-/m0/s1. The summed E-state index contributed by atoms with van der Waals surface area (Å²) < 4.78 is 10.7. The first-order valence-electron chi connectivity index (χ1n) is 13.8. The normalized spacial score (nSPS) is 24.6. The molecule has 4 aliphatic rings. The van der Waals surface area contributed by atoms with Gasteiger partial charge in [0.2, 0.25) is 17.6 Å². The van der Waals surface area contributed by atoms with Gasteiger partial charge in [0, 0.05) is 23.1 Å². The molecule has 11 heteroatoms. The van der Waals surface area contributed by atoms with E-state index in [0.29, 0.717) is 11.1 Å². The van der Waals surface area contributed by atoms with Gasteiger partial charge in [-0.15, -0.1) is 0 Å². The number of nitrogens with zero attached hydrogens (tertiary/aromatic N) is 1. The van der Waals surface area contributed by atoms with Gasteiger partial charge in [0.15, 0.2) is 23.1 Å². The number of anilines is 1. The SMILES string of the molecule is COc1cc(C=C[C@H]2C3=CC[C@@H]4C(=O)N(c5cccc(C(=O)O)c5)C(=O)[C@@H]4[C@@H]3CC3=C2C(=O)C=C(Br)C3=O)cc(OC)c1O. The number of allylic oxidation sites excluding steroid dienone is 7. The first-order chi connectivity index (χ1) is 21.0. The lowest BCUT2D eigenvalue weighted by Gasteiger charge is -2.41. The molecule has 0 unspecified atom stereocenters. The minimum atomic E-state index is -1.18. The number of carbonyl (C=O) groups excluding carboxylic acids is 4. The van der Waals surface area contributed by atoms with Crippen LogP contribution in [0.25, 0.3) is 6.08 Å². The Labute approximate surface area is 260 Å². The van der Waals surface area contributed by atoms with Crippen molar-refractivity contribution in [1.82, 2.24) is 0 Å². The highest BCUT2D eigenvalue weighted by Gasteiger charge is 2.56. The first-order valence-corrected chi connectivity index (χ1v) is 14.6. The van der Waals surface area contributed by atoms with E-state index in [1.165, 1.54) is 44.6 Å². The van der Waals surface area contributed by atoms with Crippen molar-refractivity contribution < 1.29 is 43.7 Å². The summed E-state index contributed by atoms with van der Waals surface area (Å²) in [4.78, 5) is 67.0. The number of imide groups is 1. The van der Waals surface area contributed by atoms with E-state index in [2.05, 4.69) is 15.9 Å². The van der Waals surface area contributed by atoms with Gasteiger partial charge < -0.3 is 19.7 Å². The highest BCUT2D eigenvalue weighted by molar-refractivity contribution is 9.12.